The van der Waals surface area contributed by atoms with Gasteiger partial charge in [-0.1, -0.05) is 0 Å². The minimum atomic E-state index is -0.0475. The second-order valence-corrected chi connectivity index (χ2v) is 5.11. The molecule has 1 aliphatic heterocycles. The largest absolute Gasteiger partial charge is 0.376 e. The molecule has 0 saturated carbocycles. The molecule has 102 valence electrons. The van der Waals surface area contributed by atoms with Gasteiger partial charge in [-0.2, -0.15) is 0 Å². The zero-order valence-corrected chi connectivity index (χ0v) is 11.8. The van der Waals surface area contributed by atoms with Gasteiger partial charge in [-0.3, -0.25) is 0 Å². The predicted octanol–water partition coefficient (Wildman–Crippen LogP) is 2.01. The molecular weight excluding hydrogens is 220 g/mol. The summed E-state index contributed by atoms with van der Waals surface area (Å²) in [6, 6.07) is 0. The lowest BCUT2D eigenvalue weighted by molar-refractivity contribution is -0.0979. The molecule has 0 aromatic rings. The van der Waals surface area contributed by atoms with E-state index < -0.39 is 0 Å². The second-order valence-electron chi connectivity index (χ2n) is 5.11. The fourth-order valence-electron chi connectivity index (χ4n) is 2.14. The Bertz CT molecular complexity index is 217. The Morgan fingerprint density at radius 2 is 1.71 bits per heavy atom. The SMILES string of the molecule is COC1[C@H](C)O[C@H](COC(C)C)[C@@H]1OC(C)C. The Kier molecular flexibility index (Phi) is 5.86. The zero-order chi connectivity index (χ0) is 13.0. The lowest BCUT2D eigenvalue weighted by Gasteiger charge is -2.25. The van der Waals surface area contributed by atoms with Gasteiger partial charge in [0.2, 0.25) is 0 Å². The summed E-state index contributed by atoms with van der Waals surface area (Å²) in [5, 5.41) is 0. The lowest BCUT2D eigenvalue weighted by Crippen LogP contribution is -2.40. The van der Waals surface area contributed by atoms with E-state index in [1.165, 1.54) is 0 Å². The summed E-state index contributed by atoms with van der Waals surface area (Å²) in [6.45, 7) is 10.7. The molecule has 1 aliphatic rings. The number of methoxy groups -OCH3 is 1. The molecule has 0 aromatic carbocycles. The van der Waals surface area contributed by atoms with Gasteiger partial charge in [-0.15, -0.1) is 0 Å². The molecule has 0 N–H and O–H groups in total. The topological polar surface area (TPSA) is 36.9 Å². The van der Waals surface area contributed by atoms with Gasteiger partial charge in [0.05, 0.1) is 24.9 Å². The van der Waals surface area contributed by atoms with Gasteiger partial charge in [0.15, 0.2) is 0 Å². The average molecular weight is 246 g/mol. The summed E-state index contributed by atoms with van der Waals surface area (Å²) >= 11 is 0. The maximum atomic E-state index is 5.90. The van der Waals surface area contributed by atoms with Crippen molar-refractivity contribution in [3.63, 3.8) is 0 Å². The van der Waals surface area contributed by atoms with E-state index in [1.807, 2.05) is 34.6 Å². The second kappa shape index (κ2) is 6.69. The van der Waals surface area contributed by atoms with Crippen LogP contribution in [-0.4, -0.2) is 50.3 Å². The van der Waals surface area contributed by atoms with Crippen molar-refractivity contribution >= 4 is 0 Å². The third-order valence-electron chi connectivity index (χ3n) is 2.84. The molecule has 0 aromatic heterocycles. The third kappa shape index (κ3) is 4.21. The van der Waals surface area contributed by atoms with Crippen LogP contribution in [0.15, 0.2) is 0 Å². The lowest BCUT2D eigenvalue weighted by atomic mass is 10.1. The van der Waals surface area contributed by atoms with Crippen molar-refractivity contribution in [1.29, 1.82) is 0 Å². The van der Waals surface area contributed by atoms with Crippen molar-refractivity contribution < 1.29 is 18.9 Å². The molecule has 0 spiro atoms. The number of ether oxygens (including phenoxy) is 4. The molecule has 4 nitrogen and oxygen atoms in total. The van der Waals surface area contributed by atoms with E-state index in [1.54, 1.807) is 7.11 Å². The number of hydrogen-bond acceptors (Lipinski definition) is 4. The maximum absolute atomic E-state index is 5.90. The minimum absolute atomic E-state index is 0.0156. The van der Waals surface area contributed by atoms with Gasteiger partial charge >= 0.3 is 0 Å². The molecular formula is C13H26O4. The van der Waals surface area contributed by atoms with E-state index in [4.69, 9.17) is 18.9 Å². The highest BCUT2D eigenvalue weighted by Gasteiger charge is 2.44. The quantitative estimate of drug-likeness (QED) is 0.718. The first-order valence-corrected chi connectivity index (χ1v) is 6.41. The van der Waals surface area contributed by atoms with E-state index in [0.717, 1.165) is 0 Å². The van der Waals surface area contributed by atoms with Gasteiger partial charge < -0.3 is 18.9 Å². The van der Waals surface area contributed by atoms with Crippen LogP contribution in [0.2, 0.25) is 0 Å². The molecule has 1 unspecified atom stereocenters. The predicted molar refractivity (Wildman–Crippen MR) is 66.2 cm³/mol. The molecule has 0 amide bonds. The van der Waals surface area contributed by atoms with Crippen LogP contribution in [0.1, 0.15) is 34.6 Å². The minimum Gasteiger partial charge on any atom is -0.376 e. The molecule has 1 saturated heterocycles. The molecule has 4 atom stereocenters. The van der Waals surface area contributed by atoms with Crippen LogP contribution in [-0.2, 0) is 18.9 Å². The molecule has 1 fully saturated rings. The highest BCUT2D eigenvalue weighted by atomic mass is 16.6. The zero-order valence-electron chi connectivity index (χ0n) is 11.8. The first kappa shape index (κ1) is 14.9. The van der Waals surface area contributed by atoms with Crippen LogP contribution in [0.4, 0.5) is 0 Å². The van der Waals surface area contributed by atoms with Gasteiger partial charge in [0.25, 0.3) is 0 Å². The summed E-state index contributed by atoms with van der Waals surface area (Å²) in [4.78, 5) is 0. The van der Waals surface area contributed by atoms with E-state index >= 15 is 0 Å². The van der Waals surface area contributed by atoms with Crippen molar-refractivity contribution in [2.75, 3.05) is 13.7 Å². The van der Waals surface area contributed by atoms with Crippen molar-refractivity contribution in [2.45, 2.75) is 71.2 Å². The standard InChI is InChI=1S/C13H26O4/c1-8(2)15-7-11-13(16-9(3)4)12(14-6)10(5)17-11/h8-13H,7H2,1-6H3/t10-,11+,12?,13-/m0/s1. The Morgan fingerprint density at radius 1 is 1.06 bits per heavy atom. The van der Waals surface area contributed by atoms with Crippen LogP contribution in [0.25, 0.3) is 0 Å². The molecule has 0 radical (unpaired) electrons. The molecule has 1 heterocycles. The first-order chi connectivity index (χ1) is 7.95. The summed E-state index contributed by atoms with van der Waals surface area (Å²) in [6.07, 6.45) is 0.305. The smallest absolute Gasteiger partial charge is 0.115 e. The van der Waals surface area contributed by atoms with Crippen LogP contribution in [0.5, 0.6) is 0 Å². The van der Waals surface area contributed by atoms with Gasteiger partial charge in [0.1, 0.15) is 18.3 Å². The van der Waals surface area contributed by atoms with Gasteiger partial charge in [0, 0.05) is 7.11 Å². The normalized spacial score (nSPS) is 33.9. The van der Waals surface area contributed by atoms with E-state index in [-0.39, 0.29) is 36.6 Å². The van der Waals surface area contributed by atoms with E-state index in [9.17, 15) is 0 Å². The highest BCUT2D eigenvalue weighted by molar-refractivity contribution is 4.91. The summed E-state index contributed by atoms with van der Waals surface area (Å²) in [7, 11) is 1.70. The van der Waals surface area contributed by atoms with Crippen molar-refractivity contribution in [1.82, 2.24) is 0 Å². The average Bonchev–Trinajstić information content (AvgIpc) is 2.51. The van der Waals surface area contributed by atoms with Crippen molar-refractivity contribution in [3.05, 3.63) is 0 Å². The monoisotopic (exact) mass is 246 g/mol. The Hall–Kier alpha value is -0.160. The van der Waals surface area contributed by atoms with E-state index in [2.05, 4.69) is 0 Å². The fourth-order valence-corrected chi connectivity index (χ4v) is 2.14. The third-order valence-corrected chi connectivity index (χ3v) is 2.84. The van der Waals surface area contributed by atoms with Gasteiger partial charge in [-0.25, -0.2) is 0 Å². The molecule has 1 rings (SSSR count). The van der Waals surface area contributed by atoms with Crippen molar-refractivity contribution in [2.24, 2.45) is 0 Å². The molecule has 17 heavy (non-hydrogen) atoms. The fraction of sp³-hybridized carbons (Fsp3) is 1.00. The van der Waals surface area contributed by atoms with Crippen LogP contribution >= 0.6 is 0 Å². The highest BCUT2D eigenvalue weighted by Crippen LogP contribution is 2.27. The summed E-state index contributed by atoms with van der Waals surface area (Å²) in [5.41, 5.74) is 0. The summed E-state index contributed by atoms with van der Waals surface area (Å²) in [5.74, 6) is 0. The Morgan fingerprint density at radius 3 is 2.18 bits per heavy atom. The van der Waals surface area contributed by atoms with Crippen molar-refractivity contribution in [3.8, 4) is 0 Å². The number of hydrogen-bond donors (Lipinski definition) is 0. The van der Waals surface area contributed by atoms with Gasteiger partial charge in [-0.05, 0) is 34.6 Å². The molecule has 4 heteroatoms. The Balaban J connectivity index is 2.60. The van der Waals surface area contributed by atoms with E-state index in [0.29, 0.717) is 6.61 Å². The van der Waals surface area contributed by atoms with Crippen LogP contribution in [0.3, 0.4) is 0 Å². The first-order valence-electron chi connectivity index (χ1n) is 6.41. The van der Waals surface area contributed by atoms with Crippen LogP contribution in [0, 0.1) is 0 Å². The Labute approximate surface area is 105 Å². The number of rotatable bonds is 6. The molecule has 0 bridgehead atoms. The maximum Gasteiger partial charge on any atom is 0.115 e. The van der Waals surface area contributed by atoms with Crippen LogP contribution < -0.4 is 0 Å². The summed E-state index contributed by atoms with van der Waals surface area (Å²) < 4.78 is 22.8. The molecule has 0 aliphatic carbocycles.